The zero-order valence-electron chi connectivity index (χ0n) is 9.43. The van der Waals surface area contributed by atoms with E-state index in [-0.39, 0.29) is 5.91 Å². The highest BCUT2D eigenvalue weighted by Gasteiger charge is 2.19. The van der Waals surface area contributed by atoms with Crippen molar-refractivity contribution in [2.75, 3.05) is 24.8 Å². The van der Waals surface area contributed by atoms with Gasteiger partial charge in [0.2, 0.25) is 0 Å². The predicted molar refractivity (Wildman–Crippen MR) is 65.5 cm³/mol. The fraction of sp³-hybridized carbons (Fsp3) is 0.545. The largest absolute Gasteiger partial charge is 0.466 e. The van der Waals surface area contributed by atoms with E-state index in [1.165, 1.54) is 0 Å². The topological polar surface area (TPSA) is 33.5 Å². The third-order valence-corrected chi connectivity index (χ3v) is 2.61. The Hall–Kier alpha value is -0.670. The van der Waals surface area contributed by atoms with Crippen molar-refractivity contribution in [3.8, 4) is 0 Å². The molecule has 0 N–H and O–H groups in total. The Labute approximate surface area is 105 Å². The molecule has 0 spiro atoms. The first kappa shape index (κ1) is 13.4. The summed E-state index contributed by atoms with van der Waals surface area (Å²) in [6, 6.07) is 1.74. The highest BCUT2D eigenvalue weighted by molar-refractivity contribution is 6.18. The lowest BCUT2D eigenvalue weighted by atomic mass is 10.2. The molecule has 0 aromatic carbocycles. The molecule has 0 saturated carbocycles. The van der Waals surface area contributed by atoms with Gasteiger partial charge < -0.3 is 9.32 Å². The number of nitrogens with zero attached hydrogens (tertiary/aromatic N) is 1. The maximum atomic E-state index is 12.1. The number of alkyl halides is 2. The Morgan fingerprint density at radius 1 is 1.31 bits per heavy atom. The molecular weight excluding hydrogens is 249 g/mol. The van der Waals surface area contributed by atoms with Crippen LogP contribution in [0, 0.1) is 13.8 Å². The minimum Gasteiger partial charge on any atom is -0.466 e. The quantitative estimate of drug-likeness (QED) is 0.766. The van der Waals surface area contributed by atoms with Crippen molar-refractivity contribution in [2.24, 2.45) is 0 Å². The first-order chi connectivity index (χ1) is 7.60. The predicted octanol–water partition coefficient (Wildman–Crippen LogP) is 2.82. The molecule has 1 heterocycles. The summed E-state index contributed by atoms with van der Waals surface area (Å²) >= 11 is 11.3. The van der Waals surface area contributed by atoms with Crippen LogP contribution in [-0.2, 0) is 0 Å². The van der Waals surface area contributed by atoms with E-state index in [0.717, 1.165) is 5.76 Å². The zero-order valence-corrected chi connectivity index (χ0v) is 10.9. The van der Waals surface area contributed by atoms with Gasteiger partial charge >= 0.3 is 0 Å². The average Bonchev–Trinajstić information content (AvgIpc) is 2.56. The highest BCUT2D eigenvalue weighted by atomic mass is 35.5. The van der Waals surface area contributed by atoms with Gasteiger partial charge in [-0.3, -0.25) is 4.79 Å². The first-order valence-electron chi connectivity index (χ1n) is 5.08. The number of amides is 1. The molecule has 0 fully saturated rings. The summed E-state index contributed by atoms with van der Waals surface area (Å²) in [6.07, 6.45) is 0. The van der Waals surface area contributed by atoms with E-state index in [4.69, 9.17) is 27.6 Å². The Morgan fingerprint density at radius 2 is 1.88 bits per heavy atom. The normalized spacial score (nSPS) is 10.5. The Kier molecular flexibility index (Phi) is 5.16. The van der Waals surface area contributed by atoms with Gasteiger partial charge in [-0.2, -0.15) is 0 Å². The molecule has 0 bridgehead atoms. The third kappa shape index (κ3) is 3.16. The number of rotatable bonds is 5. The first-order valence-corrected chi connectivity index (χ1v) is 6.15. The van der Waals surface area contributed by atoms with E-state index in [1.807, 2.05) is 6.92 Å². The van der Waals surface area contributed by atoms with E-state index >= 15 is 0 Å². The number of hydrogen-bond donors (Lipinski definition) is 0. The Morgan fingerprint density at radius 3 is 2.25 bits per heavy atom. The second-order valence-electron chi connectivity index (χ2n) is 3.50. The van der Waals surface area contributed by atoms with Crippen LogP contribution in [0.5, 0.6) is 0 Å². The van der Waals surface area contributed by atoms with Gasteiger partial charge in [0.05, 0.1) is 5.56 Å². The molecule has 5 heteroatoms. The Balaban J connectivity index is 2.85. The van der Waals surface area contributed by atoms with Crippen molar-refractivity contribution in [3.63, 3.8) is 0 Å². The van der Waals surface area contributed by atoms with Gasteiger partial charge in [0.15, 0.2) is 0 Å². The van der Waals surface area contributed by atoms with Crippen LogP contribution in [0.1, 0.15) is 21.9 Å². The van der Waals surface area contributed by atoms with Crippen molar-refractivity contribution >= 4 is 29.1 Å². The second kappa shape index (κ2) is 6.16. The summed E-state index contributed by atoms with van der Waals surface area (Å²) in [5.74, 6) is 2.10. The number of halogens is 2. The van der Waals surface area contributed by atoms with Crippen molar-refractivity contribution in [1.82, 2.24) is 4.90 Å². The fourth-order valence-corrected chi connectivity index (χ4v) is 1.94. The summed E-state index contributed by atoms with van der Waals surface area (Å²) < 4.78 is 5.33. The lowest BCUT2D eigenvalue weighted by Crippen LogP contribution is -2.34. The van der Waals surface area contributed by atoms with E-state index in [2.05, 4.69) is 0 Å². The fourth-order valence-electron chi connectivity index (χ4n) is 1.53. The van der Waals surface area contributed by atoms with Gasteiger partial charge in [0.1, 0.15) is 11.5 Å². The molecule has 90 valence electrons. The summed E-state index contributed by atoms with van der Waals surface area (Å²) in [5.41, 5.74) is 0.590. The maximum absolute atomic E-state index is 12.1. The molecule has 1 rings (SSSR count). The van der Waals surface area contributed by atoms with Crippen LogP contribution in [-0.4, -0.2) is 35.7 Å². The van der Waals surface area contributed by atoms with Gasteiger partial charge in [-0.25, -0.2) is 0 Å². The summed E-state index contributed by atoms with van der Waals surface area (Å²) in [5, 5.41) is 0. The number of furan rings is 1. The van der Waals surface area contributed by atoms with Gasteiger partial charge in [-0.15, -0.1) is 23.2 Å². The molecule has 0 aliphatic heterocycles. The third-order valence-electron chi connectivity index (χ3n) is 2.27. The molecular formula is C11H15Cl2NO2. The van der Waals surface area contributed by atoms with Gasteiger partial charge in [0.25, 0.3) is 5.91 Å². The number of carbonyl (C=O) groups excluding carboxylic acids is 1. The average molecular weight is 264 g/mol. The number of carbonyl (C=O) groups is 1. The Bertz CT molecular complexity index is 357. The smallest absolute Gasteiger partial charge is 0.257 e. The molecule has 0 atom stereocenters. The maximum Gasteiger partial charge on any atom is 0.257 e. The van der Waals surface area contributed by atoms with Crippen molar-refractivity contribution < 1.29 is 9.21 Å². The van der Waals surface area contributed by atoms with E-state index in [1.54, 1.807) is 17.9 Å². The van der Waals surface area contributed by atoms with Gasteiger partial charge in [0, 0.05) is 24.8 Å². The van der Waals surface area contributed by atoms with Crippen molar-refractivity contribution in [2.45, 2.75) is 13.8 Å². The van der Waals surface area contributed by atoms with Gasteiger partial charge in [-0.05, 0) is 19.9 Å². The molecule has 0 aliphatic carbocycles. The molecule has 1 aromatic heterocycles. The second-order valence-corrected chi connectivity index (χ2v) is 4.25. The van der Waals surface area contributed by atoms with E-state index in [0.29, 0.717) is 36.2 Å². The molecule has 1 aromatic rings. The molecule has 3 nitrogen and oxygen atoms in total. The molecule has 0 saturated heterocycles. The SMILES string of the molecule is Cc1cc(C(=O)N(CCCl)CCCl)c(C)o1. The number of hydrogen-bond acceptors (Lipinski definition) is 2. The minimum atomic E-state index is -0.0735. The summed E-state index contributed by atoms with van der Waals surface area (Å²) in [6.45, 7) is 4.59. The van der Waals surface area contributed by atoms with Crippen molar-refractivity contribution in [3.05, 3.63) is 23.2 Å². The van der Waals surface area contributed by atoms with Crippen LogP contribution in [0.15, 0.2) is 10.5 Å². The lowest BCUT2D eigenvalue weighted by molar-refractivity contribution is 0.0773. The molecule has 1 amide bonds. The van der Waals surface area contributed by atoms with E-state index in [9.17, 15) is 4.79 Å². The van der Waals surface area contributed by atoms with Crippen LogP contribution >= 0.6 is 23.2 Å². The monoisotopic (exact) mass is 263 g/mol. The summed E-state index contributed by atoms with van der Waals surface area (Å²) in [7, 11) is 0. The molecule has 0 unspecified atom stereocenters. The van der Waals surface area contributed by atoms with Crippen LogP contribution in [0.2, 0.25) is 0 Å². The molecule has 0 radical (unpaired) electrons. The highest BCUT2D eigenvalue weighted by Crippen LogP contribution is 2.16. The van der Waals surface area contributed by atoms with Crippen LogP contribution in [0.25, 0.3) is 0 Å². The minimum absolute atomic E-state index is 0.0735. The standard InChI is InChI=1S/C11H15Cl2NO2/c1-8-7-10(9(2)16-8)11(15)14(5-3-12)6-4-13/h7H,3-6H2,1-2H3. The van der Waals surface area contributed by atoms with Crippen LogP contribution in [0.4, 0.5) is 0 Å². The lowest BCUT2D eigenvalue weighted by Gasteiger charge is -2.19. The van der Waals surface area contributed by atoms with Gasteiger partial charge in [-0.1, -0.05) is 0 Å². The molecule has 0 aliphatic rings. The zero-order chi connectivity index (χ0) is 12.1. The molecule has 16 heavy (non-hydrogen) atoms. The van der Waals surface area contributed by atoms with Crippen LogP contribution in [0.3, 0.4) is 0 Å². The number of aryl methyl sites for hydroxylation is 2. The van der Waals surface area contributed by atoms with Crippen molar-refractivity contribution in [1.29, 1.82) is 0 Å². The van der Waals surface area contributed by atoms with E-state index < -0.39 is 0 Å². The van der Waals surface area contributed by atoms with Crippen LogP contribution < -0.4 is 0 Å². The summed E-state index contributed by atoms with van der Waals surface area (Å²) in [4.78, 5) is 13.7.